The highest BCUT2D eigenvalue weighted by atomic mass is 32.2. The van der Waals surface area contributed by atoms with Gasteiger partial charge >= 0.3 is 0 Å². The third-order valence-corrected chi connectivity index (χ3v) is 3.39. The quantitative estimate of drug-likeness (QED) is 0.921. The Labute approximate surface area is 117 Å². The van der Waals surface area contributed by atoms with Gasteiger partial charge in [-0.2, -0.15) is 0 Å². The van der Waals surface area contributed by atoms with Crippen LogP contribution in [0.1, 0.15) is 21.7 Å². The minimum absolute atomic E-state index is 0.318. The van der Waals surface area contributed by atoms with E-state index in [4.69, 9.17) is 0 Å². The first-order valence-corrected chi connectivity index (χ1v) is 7.81. The van der Waals surface area contributed by atoms with Crippen molar-refractivity contribution in [2.24, 2.45) is 0 Å². The molecule has 0 saturated carbocycles. The fraction of sp³-hybridized carbons (Fsp3) is 0.231. The standard InChI is InChI=1S/C13H15N3O3S/c1-9-8-11(13(17)15-20(3,18)19)10(2)16(9)12-6-4-5-7-14-12/h4-8H,1-3H3,(H,15,17). The lowest BCUT2D eigenvalue weighted by atomic mass is 10.2. The Morgan fingerprint density at radius 2 is 2.00 bits per heavy atom. The molecule has 1 amide bonds. The number of carbonyl (C=O) groups is 1. The van der Waals surface area contributed by atoms with Crippen LogP contribution in [-0.4, -0.2) is 30.1 Å². The van der Waals surface area contributed by atoms with Gasteiger partial charge in [0.05, 0.1) is 11.8 Å². The maximum absolute atomic E-state index is 12.0. The first kappa shape index (κ1) is 14.3. The zero-order valence-corrected chi connectivity index (χ0v) is 12.2. The monoisotopic (exact) mass is 293 g/mol. The molecule has 0 bridgehead atoms. The summed E-state index contributed by atoms with van der Waals surface area (Å²) in [5.41, 5.74) is 1.76. The number of sulfonamides is 1. The van der Waals surface area contributed by atoms with Crippen LogP contribution in [0, 0.1) is 13.8 Å². The van der Waals surface area contributed by atoms with E-state index in [0.717, 1.165) is 11.9 Å². The third-order valence-electron chi connectivity index (χ3n) is 2.83. The fourth-order valence-corrected chi connectivity index (χ4v) is 2.50. The van der Waals surface area contributed by atoms with Crippen molar-refractivity contribution < 1.29 is 13.2 Å². The van der Waals surface area contributed by atoms with Crippen LogP contribution in [-0.2, 0) is 10.0 Å². The maximum atomic E-state index is 12.0. The zero-order valence-electron chi connectivity index (χ0n) is 11.4. The summed E-state index contributed by atoms with van der Waals surface area (Å²) >= 11 is 0. The van der Waals surface area contributed by atoms with E-state index in [1.54, 1.807) is 29.8 Å². The van der Waals surface area contributed by atoms with Crippen LogP contribution in [0.3, 0.4) is 0 Å². The van der Waals surface area contributed by atoms with Crippen LogP contribution in [0.25, 0.3) is 5.82 Å². The van der Waals surface area contributed by atoms with Gasteiger partial charge in [0, 0.05) is 17.6 Å². The van der Waals surface area contributed by atoms with Gasteiger partial charge in [0.25, 0.3) is 5.91 Å². The summed E-state index contributed by atoms with van der Waals surface area (Å²) in [7, 11) is -3.58. The van der Waals surface area contributed by atoms with Gasteiger partial charge in [-0.15, -0.1) is 0 Å². The van der Waals surface area contributed by atoms with Crippen LogP contribution < -0.4 is 4.72 Å². The first-order valence-electron chi connectivity index (χ1n) is 5.92. The molecule has 0 aliphatic rings. The highest BCUT2D eigenvalue weighted by Crippen LogP contribution is 2.19. The van der Waals surface area contributed by atoms with Crippen molar-refractivity contribution in [3.05, 3.63) is 47.4 Å². The van der Waals surface area contributed by atoms with Crippen molar-refractivity contribution in [2.75, 3.05) is 6.26 Å². The molecule has 0 spiro atoms. The van der Waals surface area contributed by atoms with Crippen molar-refractivity contribution in [3.8, 4) is 5.82 Å². The van der Waals surface area contributed by atoms with E-state index >= 15 is 0 Å². The second-order valence-electron chi connectivity index (χ2n) is 4.51. The summed E-state index contributed by atoms with van der Waals surface area (Å²) in [6.07, 6.45) is 2.60. The van der Waals surface area contributed by atoms with Crippen LogP contribution >= 0.6 is 0 Å². The number of hydrogen-bond acceptors (Lipinski definition) is 4. The number of amides is 1. The molecule has 1 N–H and O–H groups in total. The van der Waals surface area contributed by atoms with Crippen molar-refractivity contribution in [1.29, 1.82) is 0 Å². The summed E-state index contributed by atoms with van der Waals surface area (Å²) in [6, 6.07) is 7.11. The van der Waals surface area contributed by atoms with Crippen molar-refractivity contribution in [1.82, 2.24) is 14.3 Å². The molecule has 0 aliphatic carbocycles. The Hall–Kier alpha value is -2.15. The average Bonchev–Trinajstić information content (AvgIpc) is 2.64. The fourth-order valence-electron chi connectivity index (χ4n) is 2.05. The number of aryl methyl sites for hydroxylation is 1. The van der Waals surface area contributed by atoms with Crippen molar-refractivity contribution >= 4 is 15.9 Å². The molecule has 6 nitrogen and oxygen atoms in total. The van der Waals surface area contributed by atoms with E-state index < -0.39 is 15.9 Å². The number of carbonyl (C=O) groups excluding carboxylic acids is 1. The van der Waals surface area contributed by atoms with Crippen LogP contribution in [0.5, 0.6) is 0 Å². The molecular weight excluding hydrogens is 278 g/mol. The molecule has 7 heteroatoms. The Morgan fingerprint density at radius 1 is 1.30 bits per heavy atom. The molecule has 2 aromatic rings. The normalized spacial score (nSPS) is 11.3. The van der Waals surface area contributed by atoms with Crippen molar-refractivity contribution in [3.63, 3.8) is 0 Å². The van der Waals surface area contributed by atoms with Gasteiger partial charge in [0.15, 0.2) is 0 Å². The smallest absolute Gasteiger partial charge is 0.266 e. The van der Waals surface area contributed by atoms with Crippen LogP contribution in [0.2, 0.25) is 0 Å². The second-order valence-corrected chi connectivity index (χ2v) is 6.26. The maximum Gasteiger partial charge on any atom is 0.266 e. The van der Waals surface area contributed by atoms with E-state index in [9.17, 15) is 13.2 Å². The predicted molar refractivity (Wildman–Crippen MR) is 75.3 cm³/mol. The number of nitrogens with zero attached hydrogens (tertiary/aromatic N) is 2. The van der Waals surface area contributed by atoms with Crippen LogP contribution in [0.4, 0.5) is 0 Å². The van der Waals surface area contributed by atoms with Gasteiger partial charge in [-0.25, -0.2) is 18.1 Å². The molecule has 2 rings (SSSR count). The van der Waals surface area contributed by atoms with Gasteiger partial charge in [0.2, 0.25) is 10.0 Å². The minimum atomic E-state index is -3.58. The topological polar surface area (TPSA) is 81.1 Å². The lowest BCUT2D eigenvalue weighted by Crippen LogP contribution is -2.29. The number of pyridine rings is 1. The van der Waals surface area contributed by atoms with Crippen molar-refractivity contribution in [2.45, 2.75) is 13.8 Å². The summed E-state index contributed by atoms with van der Waals surface area (Å²) in [5.74, 6) is 0.0451. The summed E-state index contributed by atoms with van der Waals surface area (Å²) < 4.78 is 26.0. The molecule has 0 atom stereocenters. The van der Waals surface area contributed by atoms with Crippen LogP contribution in [0.15, 0.2) is 30.5 Å². The van der Waals surface area contributed by atoms with Gasteiger partial charge in [0.1, 0.15) is 5.82 Å². The lowest BCUT2D eigenvalue weighted by Gasteiger charge is -2.08. The SMILES string of the molecule is Cc1cc(C(=O)NS(C)(=O)=O)c(C)n1-c1ccccn1. The van der Waals surface area contributed by atoms with E-state index in [1.165, 1.54) is 0 Å². The first-order chi connectivity index (χ1) is 9.29. The molecule has 0 aliphatic heterocycles. The van der Waals surface area contributed by atoms with E-state index in [2.05, 4.69) is 4.98 Å². The van der Waals surface area contributed by atoms with E-state index in [0.29, 0.717) is 17.1 Å². The predicted octanol–water partition coefficient (Wildman–Crippen LogP) is 1.18. The molecule has 106 valence electrons. The van der Waals surface area contributed by atoms with Gasteiger partial charge in [-0.3, -0.25) is 4.79 Å². The Morgan fingerprint density at radius 3 is 2.55 bits per heavy atom. The molecule has 2 heterocycles. The molecule has 0 unspecified atom stereocenters. The molecular formula is C13H15N3O3S. The Balaban J connectivity index is 2.47. The summed E-state index contributed by atoms with van der Waals surface area (Å²) in [5, 5.41) is 0. The molecule has 0 aromatic carbocycles. The number of rotatable bonds is 3. The molecule has 0 radical (unpaired) electrons. The number of nitrogens with one attached hydrogen (secondary N) is 1. The molecule has 0 saturated heterocycles. The van der Waals surface area contributed by atoms with E-state index in [1.807, 2.05) is 23.8 Å². The number of aromatic nitrogens is 2. The highest BCUT2D eigenvalue weighted by molar-refractivity contribution is 7.89. The Bertz CT molecular complexity index is 749. The zero-order chi connectivity index (χ0) is 14.9. The molecule has 0 fully saturated rings. The summed E-state index contributed by atoms with van der Waals surface area (Å²) in [4.78, 5) is 16.2. The minimum Gasteiger partial charge on any atom is -0.302 e. The van der Waals surface area contributed by atoms with E-state index in [-0.39, 0.29) is 0 Å². The lowest BCUT2D eigenvalue weighted by molar-refractivity contribution is 0.0981. The van der Waals surface area contributed by atoms with Gasteiger partial charge in [-0.05, 0) is 32.0 Å². The molecule has 2 aromatic heterocycles. The second kappa shape index (κ2) is 5.09. The highest BCUT2D eigenvalue weighted by Gasteiger charge is 2.19. The summed E-state index contributed by atoms with van der Waals surface area (Å²) in [6.45, 7) is 3.58. The molecule has 20 heavy (non-hydrogen) atoms. The largest absolute Gasteiger partial charge is 0.302 e. The van der Waals surface area contributed by atoms with Gasteiger partial charge in [-0.1, -0.05) is 6.07 Å². The number of hydrogen-bond donors (Lipinski definition) is 1. The average molecular weight is 293 g/mol. The Kier molecular flexibility index (Phi) is 3.63. The van der Waals surface area contributed by atoms with Gasteiger partial charge < -0.3 is 4.57 Å². The third kappa shape index (κ3) is 2.88.